The van der Waals surface area contributed by atoms with Crippen LogP contribution in [0.3, 0.4) is 0 Å². The fourth-order valence-corrected chi connectivity index (χ4v) is 2.18. The van der Waals surface area contributed by atoms with Gasteiger partial charge in [0.15, 0.2) is 0 Å². The Kier molecular flexibility index (Phi) is 5.11. The van der Waals surface area contributed by atoms with E-state index in [-0.39, 0.29) is 5.91 Å². The minimum absolute atomic E-state index is 0.157. The minimum atomic E-state index is -0.157. The van der Waals surface area contributed by atoms with Crippen LogP contribution >= 0.6 is 11.6 Å². The normalized spacial score (nSPS) is 10.2. The van der Waals surface area contributed by atoms with Crippen molar-refractivity contribution in [2.45, 2.75) is 13.8 Å². The maximum Gasteiger partial charge on any atom is 0.259 e. The minimum Gasteiger partial charge on any atom is -0.370 e. The van der Waals surface area contributed by atoms with E-state index in [1.165, 1.54) is 6.20 Å². The number of anilines is 2. The van der Waals surface area contributed by atoms with Gasteiger partial charge in [-0.1, -0.05) is 11.6 Å². The summed E-state index contributed by atoms with van der Waals surface area (Å²) in [5.74, 6) is 0.478. The molecule has 2 aromatic heterocycles. The van der Waals surface area contributed by atoms with Gasteiger partial charge >= 0.3 is 0 Å². The zero-order valence-electron chi connectivity index (χ0n) is 12.0. The first-order valence-electron chi connectivity index (χ1n) is 6.78. The lowest BCUT2D eigenvalue weighted by Gasteiger charge is -2.21. The summed E-state index contributed by atoms with van der Waals surface area (Å²) in [6, 6.07) is 5.27. The zero-order chi connectivity index (χ0) is 15.2. The van der Waals surface area contributed by atoms with Gasteiger partial charge in [-0.05, 0) is 32.0 Å². The van der Waals surface area contributed by atoms with E-state index in [0.717, 1.165) is 12.2 Å². The second-order valence-electron chi connectivity index (χ2n) is 4.33. The van der Waals surface area contributed by atoms with Gasteiger partial charge in [-0.2, -0.15) is 0 Å². The molecule has 0 fully saturated rings. The van der Waals surface area contributed by atoms with Crippen LogP contribution in [0.4, 0.5) is 11.5 Å². The Morgan fingerprint density at radius 2 is 2.05 bits per heavy atom. The molecule has 0 saturated heterocycles. The first-order valence-corrected chi connectivity index (χ1v) is 7.16. The van der Waals surface area contributed by atoms with Crippen LogP contribution in [-0.4, -0.2) is 29.0 Å². The van der Waals surface area contributed by atoms with Gasteiger partial charge in [0.05, 0.1) is 10.6 Å². The zero-order valence-corrected chi connectivity index (χ0v) is 12.8. The first-order chi connectivity index (χ1) is 10.2. The van der Waals surface area contributed by atoms with Crippen LogP contribution in [0.15, 0.2) is 36.8 Å². The molecule has 1 N–H and O–H groups in total. The molecular weight excluding hydrogens is 288 g/mol. The van der Waals surface area contributed by atoms with E-state index in [2.05, 4.69) is 15.3 Å². The maximum absolute atomic E-state index is 12.7. The SMILES string of the molecule is CCNc1cc(C(=O)N(CC)c2ccncc2)c(Cl)cn1. The van der Waals surface area contributed by atoms with Crippen LogP contribution in [0.5, 0.6) is 0 Å². The molecule has 0 aromatic carbocycles. The van der Waals surface area contributed by atoms with Crippen LogP contribution in [0.1, 0.15) is 24.2 Å². The number of nitrogens with zero attached hydrogens (tertiary/aromatic N) is 3. The first kappa shape index (κ1) is 15.3. The van der Waals surface area contributed by atoms with Crippen molar-refractivity contribution in [3.8, 4) is 0 Å². The number of halogens is 1. The van der Waals surface area contributed by atoms with Crippen molar-refractivity contribution in [3.05, 3.63) is 47.4 Å². The van der Waals surface area contributed by atoms with Gasteiger partial charge in [-0.25, -0.2) is 4.98 Å². The number of rotatable bonds is 5. The van der Waals surface area contributed by atoms with Crippen molar-refractivity contribution < 1.29 is 4.79 Å². The average Bonchev–Trinajstić information content (AvgIpc) is 2.51. The Labute approximate surface area is 129 Å². The Balaban J connectivity index is 2.35. The molecule has 0 unspecified atom stereocenters. The van der Waals surface area contributed by atoms with Crippen LogP contribution in [0, 0.1) is 0 Å². The lowest BCUT2D eigenvalue weighted by atomic mass is 10.2. The molecule has 0 aliphatic rings. The van der Waals surface area contributed by atoms with Crippen molar-refractivity contribution in [2.24, 2.45) is 0 Å². The summed E-state index contributed by atoms with van der Waals surface area (Å²) in [5.41, 5.74) is 1.22. The van der Waals surface area contributed by atoms with Gasteiger partial charge in [-0.15, -0.1) is 0 Å². The van der Waals surface area contributed by atoms with E-state index >= 15 is 0 Å². The van der Waals surface area contributed by atoms with Gasteiger partial charge in [0, 0.05) is 37.4 Å². The van der Waals surface area contributed by atoms with E-state index in [1.54, 1.807) is 35.5 Å². The highest BCUT2D eigenvalue weighted by atomic mass is 35.5. The van der Waals surface area contributed by atoms with E-state index < -0.39 is 0 Å². The summed E-state index contributed by atoms with van der Waals surface area (Å²) in [7, 11) is 0. The molecule has 5 nitrogen and oxygen atoms in total. The molecule has 1 amide bonds. The number of carbonyl (C=O) groups excluding carboxylic acids is 1. The molecule has 2 heterocycles. The summed E-state index contributed by atoms with van der Waals surface area (Å²) >= 11 is 6.13. The Morgan fingerprint density at radius 3 is 2.67 bits per heavy atom. The van der Waals surface area contributed by atoms with Crippen molar-refractivity contribution in [2.75, 3.05) is 23.3 Å². The van der Waals surface area contributed by atoms with Crippen LogP contribution < -0.4 is 10.2 Å². The van der Waals surface area contributed by atoms with Gasteiger partial charge < -0.3 is 10.2 Å². The standard InChI is InChI=1S/C15H17ClN4O/c1-3-18-14-9-12(13(16)10-19-14)15(21)20(4-2)11-5-7-17-8-6-11/h5-10H,3-4H2,1-2H3,(H,18,19). The van der Waals surface area contributed by atoms with E-state index in [1.807, 2.05) is 13.8 Å². The van der Waals surface area contributed by atoms with Gasteiger partial charge in [0.2, 0.25) is 0 Å². The fourth-order valence-electron chi connectivity index (χ4n) is 1.99. The molecule has 2 rings (SSSR count). The number of nitrogens with one attached hydrogen (secondary N) is 1. The Morgan fingerprint density at radius 1 is 1.33 bits per heavy atom. The molecule has 0 radical (unpaired) electrons. The molecular formula is C15H17ClN4O. The lowest BCUT2D eigenvalue weighted by molar-refractivity contribution is 0.0988. The quantitative estimate of drug-likeness (QED) is 0.921. The smallest absolute Gasteiger partial charge is 0.259 e. The summed E-state index contributed by atoms with van der Waals surface area (Å²) < 4.78 is 0. The number of amides is 1. The van der Waals surface area contributed by atoms with Crippen molar-refractivity contribution in [3.63, 3.8) is 0 Å². The van der Waals surface area contributed by atoms with Crippen molar-refractivity contribution in [1.82, 2.24) is 9.97 Å². The molecule has 0 spiro atoms. The van der Waals surface area contributed by atoms with Crippen LogP contribution in [-0.2, 0) is 0 Å². The van der Waals surface area contributed by atoms with Crippen molar-refractivity contribution in [1.29, 1.82) is 0 Å². The lowest BCUT2D eigenvalue weighted by Crippen LogP contribution is -2.31. The van der Waals surface area contributed by atoms with Gasteiger partial charge in [0.1, 0.15) is 5.82 Å². The third kappa shape index (κ3) is 3.49. The number of aromatic nitrogens is 2. The van der Waals surface area contributed by atoms with E-state index in [0.29, 0.717) is 22.9 Å². The van der Waals surface area contributed by atoms with Gasteiger partial charge in [-0.3, -0.25) is 9.78 Å². The monoisotopic (exact) mass is 304 g/mol. The molecule has 2 aromatic rings. The third-order valence-corrected chi connectivity index (χ3v) is 3.28. The molecule has 0 aliphatic carbocycles. The fraction of sp³-hybridized carbons (Fsp3) is 0.267. The molecule has 0 aliphatic heterocycles. The van der Waals surface area contributed by atoms with E-state index in [9.17, 15) is 4.79 Å². The number of pyridine rings is 2. The summed E-state index contributed by atoms with van der Waals surface area (Å²) in [5, 5.41) is 3.42. The largest absolute Gasteiger partial charge is 0.370 e. The maximum atomic E-state index is 12.7. The number of hydrogen-bond acceptors (Lipinski definition) is 4. The topological polar surface area (TPSA) is 58.1 Å². The molecule has 110 valence electrons. The molecule has 21 heavy (non-hydrogen) atoms. The summed E-state index contributed by atoms with van der Waals surface area (Å²) in [6.45, 7) is 5.15. The Bertz CT molecular complexity index is 618. The second-order valence-corrected chi connectivity index (χ2v) is 4.74. The highest BCUT2D eigenvalue weighted by molar-refractivity contribution is 6.34. The highest BCUT2D eigenvalue weighted by Crippen LogP contribution is 2.22. The predicted octanol–water partition coefficient (Wildman–Crippen LogP) is 3.23. The van der Waals surface area contributed by atoms with Crippen LogP contribution in [0.25, 0.3) is 0 Å². The third-order valence-electron chi connectivity index (χ3n) is 2.98. The molecule has 0 saturated carbocycles. The average molecular weight is 305 g/mol. The van der Waals surface area contributed by atoms with Crippen molar-refractivity contribution >= 4 is 29.0 Å². The van der Waals surface area contributed by atoms with Gasteiger partial charge in [0.25, 0.3) is 5.91 Å². The van der Waals surface area contributed by atoms with Crippen LogP contribution in [0.2, 0.25) is 5.02 Å². The van der Waals surface area contributed by atoms with E-state index in [4.69, 9.17) is 11.6 Å². The summed E-state index contributed by atoms with van der Waals surface area (Å²) in [4.78, 5) is 22.5. The number of carbonyl (C=O) groups is 1. The summed E-state index contributed by atoms with van der Waals surface area (Å²) in [6.07, 6.45) is 4.81. The predicted molar refractivity (Wildman–Crippen MR) is 85.0 cm³/mol. The molecule has 6 heteroatoms. The second kappa shape index (κ2) is 7.04. The molecule has 0 bridgehead atoms. The molecule has 0 atom stereocenters. The highest BCUT2D eigenvalue weighted by Gasteiger charge is 2.19. The number of hydrogen-bond donors (Lipinski definition) is 1. The Hall–Kier alpha value is -2.14.